The van der Waals surface area contributed by atoms with E-state index >= 15 is 0 Å². The summed E-state index contributed by atoms with van der Waals surface area (Å²) in [4.78, 5) is 0. The molecule has 2 nitrogen and oxygen atoms in total. The molecule has 0 bridgehead atoms. The number of aliphatic hydroxyl groups is 1. The maximum atomic E-state index is 13.5. The van der Waals surface area contributed by atoms with Gasteiger partial charge in [0.2, 0.25) is 0 Å². The predicted octanol–water partition coefficient (Wildman–Crippen LogP) is 5.59. The highest BCUT2D eigenvalue weighted by molar-refractivity contribution is 5.43. The fourth-order valence-corrected chi connectivity index (χ4v) is 7.40. The molecule has 5 rings (SSSR count). The van der Waals surface area contributed by atoms with E-state index in [9.17, 15) is 14.6 Å². The second kappa shape index (κ2) is 7.12. The summed E-state index contributed by atoms with van der Waals surface area (Å²) >= 11 is 0. The Morgan fingerprint density at radius 1 is 1.10 bits per heavy atom. The van der Waals surface area contributed by atoms with Crippen LogP contribution in [0, 0.1) is 23.2 Å². The second-order valence-corrected chi connectivity index (χ2v) is 9.92. The first-order valence-corrected chi connectivity index (χ1v) is 11.1. The normalized spacial score (nSPS) is 38.2. The highest BCUT2D eigenvalue weighted by atomic mass is 19.1. The van der Waals surface area contributed by atoms with Crippen LogP contribution in [0.15, 0.2) is 48.5 Å². The second-order valence-electron chi connectivity index (χ2n) is 9.92. The van der Waals surface area contributed by atoms with E-state index in [-0.39, 0.29) is 18.0 Å². The minimum Gasteiger partial charge on any atom is -0.508 e. The number of aromatic hydroxyl groups is 1. The van der Waals surface area contributed by atoms with Gasteiger partial charge in [-0.1, -0.05) is 43.3 Å². The van der Waals surface area contributed by atoms with E-state index in [2.05, 4.69) is 43.3 Å². The van der Waals surface area contributed by atoms with Crippen molar-refractivity contribution in [3.8, 4) is 5.75 Å². The summed E-state index contributed by atoms with van der Waals surface area (Å²) in [5.74, 6) is 1.87. The van der Waals surface area contributed by atoms with E-state index < -0.39 is 6.10 Å². The summed E-state index contributed by atoms with van der Waals surface area (Å²) in [5, 5.41) is 21.0. The molecule has 29 heavy (non-hydrogen) atoms. The number of phenols is 1. The molecule has 0 unspecified atom stereocenters. The van der Waals surface area contributed by atoms with Gasteiger partial charge in [-0.25, -0.2) is 0 Å². The van der Waals surface area contributed by atoms with Gasteiger partial charge in [-0.15, -0.1) is 0 Å². The van der Waals surface area contributed by atoms with Gasteiger partial charge in [0.1, 0.15) is 5.75 Å². The Morgan fingerprint density at radius 2 is 1.90 bits per heavy atom. The first-order valence-electron chi connectivity index (χ1n) is 11.1. The van der Waals surface area contributed by atoms with Gasteiger partial charge < -0.3 is 10.2 Å². The van der Waals surface area contributed by atoms with Crippen molar-refractivity contribution in [2.45, 2.75) is 57.0 Å². The lowest BCUT2D eigenvalue weighted by atomic mass is 9.50. The number of halogens is 1. The summed E-state index contributed by atoms with van der Waals surface area (Å²) in [7, 11) is 0. The topological polar surface area (TPSA) is 40.5 Å². The van der Waals surface area contributed by atoms with E-state index in [1.54, 1.807) is 0 Å². The Hall–Kier alpha value is -1.87. The quantitative estimate of drug-likeness (QED) is 0.712. The third kappa shape index (κ3) is 3.01. The van der Waals surface area contributed by atoms with Crippen LogP contribution in [-0.2, 0) is 6.42 Å². The molecular formula is C26H31FO2. The number of hydrogen-bond acceptors (Lipinski definition) is 2. The molecule has 2 aromatic carbocycles. The average molecular weight is 395 g/mol. The van der Waals surface area contributed by atoms with Crippen LogP contribution >= 0.6 is 0 Å². The molecule has 2 fully saturated rings. The Balaban J connectivity index is 1.65. The molecule has 0 aromatic heterocycles. The predicted molar refractivity (Wildman–Crippen MR) is 113 cm³/mol. The van der Waals surface area contributed by atoms with Crippen LogP contribution in [0.5, 0.6) is 5.75 Å². The van der Waals surface area contributed by atoms with Crippen molar-refractivity contribution in [2.24, 2.45) is 23.2 Å². The van der Waals surface area contributed by atoms with Crippen molar-refractivity contribution in [3.63, 3.8) is 0 Å². The number of benzene rings is 2. The summed E-state index contributed by atoms with van der Waals surface area (Å²) < 4.78 is 13.5. The first-order chi connectivity index (χ1) is 14.0. The largest absolute Gasteiger partial charge is 0.508 e. The maximum Gasteiger partial charge on any atom is 0.115 e. The molecule has 2 aromatic rings. The molecule has 0 spiro atoms. The van der Waals surface area contributed by atoms with Crippen molar-refractivity contribution in [3.05, 3.63) is 65.2 Å². The van der Waals surface area contributed by atoms with Crippen molar-refractivity contribution >= 4 is 0 Å². The smallest absolute Gasteiger partial charge is 0.115 e. The SMILES string of the molecule is C[C@]12CC[C@@H]3c4ccc(O)cc4C[C@@H](c4ccccc4)[C@H]3[C@@H]1[C@@H](CCF)[C@@H](O)C2. The molecule has 3 heteroatoms. The molecular weight excluding hydrogens is 363 g/mol. The number of hydrogen-bond donors (Lipinski definition) is 2. The zero-order valence-electron chi connectivity index (χ0n) is 17.1. The zero-order valence-corrected chi connectivity index (χ0v) is 17.1. The summed E-state index contributed by atoms with van der Waals surface area (Å²) in [6, 6.07) is 16.6. The Bertz CT molecular complexity index is 882. The lowest BCUT2D eigenvalue weighted by Gasteiger charge is -2.53. The summed E-state index contributed by atoms with van der Waals surface area (Å²) in [5.41, 5.74) is 4.04. The van der Waals surface area contributed by atoms with E-state index in [1.807, 2.05) is 12.1 Å². The van der Waals surface area contributed by atoms with Crippen LogP contribution in [-0.4, -0.2) is 23.0 Å². The van der Waals surface area contributed by atoms with Crippen LogP contribution in [0.1, 0.15) is 61.1 Å². The van der Waals surface area contributed by atoms with Crippen LogP contribution in [0.25, 0.3) is 0 Å². The van der Waals surface area contributed by atoms with Gasteiger partial charge in [0.05, 0.1) is 12.8 Å². The molecule has 154 valence electrons. The number of aliphatic hydroxyl groups excluding tert-OH is 1. The van der Waals surface area contributed by atoms with Crippen molar-refractivity contribution < 1.29 is 14.6 Å². The lowest BCUT2D eigenvalue weighted by molar-refractivity contribution is 0.0132. The first kappa shape index (κ1) is 19.1. The third-order valence-electron chi connectivity index (χ3n) is 8.44. The van der Waals surface area contributed by atoms with Gasteiger partial charge in [0.25, 0.3) is 0 Å². The number of rotatable bonds is 3. The Morgan fingerprint density at radius 3 is 2.66 bits per heavy atom. The van der Waals surface area contributed by atoms with Crippen LogP contribution < -0.4 is 0 Å². The fourth-order valence-electron chi connectivity index (χ4n) is 7.40. The monoisotopic (exact) mass is 394 g/mol. The number of alkyl halides is 1. The maximum absolute atomic E-state index is 13.5. The van der Waals surface area contributed by atoms with Crippen LogP contribution in [0.2, 0.25) is 0 Å². The minimum absolute atomic E-state index is 0.0441. The van der Waals surface area contributed by atoms with Crippen LogP contribution in [0.3, 0.4) is 0 Å². The summed E-state index contributed by atoms with van der Waals surface area (Å²) in [6.07, 6.45) is 3.97. The fraction of sp³-hybridized carbons (Fsp3) is 0.538. The molecule has 0 saturated heterocycles. The summed E-state index contributed by atoms with van der Waals surface area (Å²) in [6.45, 7) is 1.98. The highest BCUT2D eigenvalue weighted by Crippen LogP contribution is 2.65. The molecule has 0 heterocycles. The van der Waals surface area contributed by atoms with Gasteiger partial charge >= 0.3 is 0 Å². The highest BCUT2D eigenvalue weighted by Gasteiger charge is 2.59. The standard InChI is InChI=1S/C26H31FO2/c1-26-11-9-20-19-8-7-18(28)13-17(19)14-22(16-5-3-2-4-6-16)24(20)25(26)21(10-12-27)23(29)15-26/h2-8,13,20-25,28-29H,9-12,14-15H2,1H3/t20-,21+,22+,23+,24+,25+,26-/m1/s1. The van der Waals surface area contributed by atoms with E-state index in [0.717, 1.165) is 25.7 Å². The van der Waals surface area contributed by atoms with Gasteiger partial charge in [-0.2, -0.15) is 0 Å². The Kier molecular flexibility index (Phi) is 4.70. The number of fused-ring (bicyclic) bond motifs is 5. The van der Waals surface area contributed by atoms with Crippen LogP contribution in [0.4, 0.5) is 4.39 Å². The molecule has 2 saturated carbocycles. The number of phenolic OH excluding ortho intramolecular Hbond substituents is 1. The minimum atomic E-state index is -0.392. The van der Waals surface area contributed by atoms with Gasteiger partial charge in [0.15, 0.2) is 0 Å². The zero-order chi connectivity index (χ0) is 20.2. The lowest BCUT2D eigenvalue weighted by Crippen LogP contribution is -2.45. The van der Waals surface area contributed by atoms with Crippen molar-refractivity contribution in [1.82, 2.24) is 0 Å². The molecule has 0 aliphatic heterocycles. The molecule has 0 amide bonds. The van der Waals surface area contributed by atoms with Gasteiger partial charge in [-0.3, -0.25) is 4.39 Å². The molecule has 2 N–H and O–H groups in total. The van der Waals surface area contributed by atoms with E-state index in [1.165, 1.54) is 16.7 Å². The van der Waals surface area contributed by atoms with E-state index in [0.29, 0.717) is 35.8 Å². The molecule has 7 atom stereocenters. The van der Waals surface area contributed by atoms with Crippen molar-refractivity contribution in [2.75, 3.05) is 6.67 Å². The van der Waals surface area contributed by atoms with Crippen molar-refractivity contribution in [1.29, 1.82) is 0 Å². The molecule has 3 aliphatic carbocycles. The third-order valence-corrected chi connectivity index (χ3v) is 8.44. The average Bonchev–Trinajstić information content (AvgIpc) is 2.97. The molecule has 3 aliphatic rings. The van der Waals surface area contributed by atoms with Gasteiger partial charge in [-0.05, 0) is 95.9 Å². The van der Waals surface area contributed by atoms with E-state index in [4.69, 9.17) is 0 Å². The molecule has 0 radical (unpaired) electrons. The Labute approximate surface area is 172 Å². The van der Waals surface area contributed by atoms with Gasteiger partial charge in [0, 0.05) is 0 Å².